The number of rotatable bonds is 14. The van der Waals surface area contributed by atoms with Crippen LogP contribution in [0.3, 0.4) is 0 Å². The van der Waals surface area contributed by atoms with Crippen molar-refractivity contribution in [2.45, 2.75) is 78.2 Å². The summed E-state index contributed by atoms with van der Waals surface area (Å²) in [6, 6.07) is 18.8. The van der Waals surface area contributed by atoms with Gasteiger partial charge >= 0.3 is 0 Å². The molecule has 0 aliphatic rings. The third-order valence-electron chi connectivity index (χ3n) is 6.51. The largest absolute Gasteiger partial charge is 0.387 e. The number of unbranched alkanes of at least 4 members (excludes halogenated alkanes) is 6. The van der Waals surface area contributed by atoms with Gasteiger partial charge in [0.1, 0.15) is 0 Å². The zero-order chi connectivity index (χ0) is 23.5. The molecule has 1 heterocycles. The first-order valence-corrected chi connectivity index (χ1v) is 13.0. The summed E-state index contributed by atoms with van der Waals surface area (Å²) < 4.78 is 0. The number of nitrogens with zero attached hydrogens (tertiary/aromatic N) is 2. The minimum atomic E-state index is -0.530. The minimum Gasteiger partial charge on any atom is -0.387 e. The van der Waals surface area contributed by atoms with Crippen molar-refractivity contribution in [1.29, 1.82) is 0 Å². The SMILES string of the molecule is CCCCCCN(CCCCCC)CC(O)c1cc(-c2ccccc2)nc2cc(C)ccc12. The first kappa shape index (κ1) is 25.4. The summed E-state index contributed by atoms with van der Waals surface area (Å²) in [4.78, 5) is 7.43. The second-order valence-corrected chi connectivity index (χ2v) is 9.42. The van der Waals surface area contributed by atoms with Gasteiger partial charge in [-0.3, -0.25) is 0 Å². The molecule has 3 rings (SSSR count). The van der Waals surface area contributed by atoms with Crippen LogP contribution >= 0.6 is 0 Å². The van der Waals surface area contributed by atoms with Crippen molar-refractivity contribution in [3.05, 3.63) is 65.7 Å². The number of fused-ring (bicyclic) bond motifs is 1. The van der Waals surface area contributed by atoms with E-state index in [0.717, 1.165) is 40.8 Å². The van der Waals surface area contributed by atoms with E-state index >= 15 is 0 Å². The number of aliphatic hydroxyl groups excluding tert-OH is 1. The normalized spacial score (nSPS) is 12.5. The monoisotopic (exact) mass is 446 g/mol. The minimum absolute atomic E-state index is 0.530. The Morgan fingerprint density at radius 2 is 1.48 bits per heavy atom. The van der Waals surface area contributed by atoms with Crippen LogP contribution in [-0.4, -0.2) is 34.6 Å². The highest BCUT2D eigenvalue weighted by molar-refractivity contribution is 5.86. The molecule has 2 aromatic carbocycles. The summed E-state index contributed by atoms with van der Waals surface area (Å²) in [6.45, 7) is 9.42. The Labute approximate surface area is 200 Å². The van der Waals surface area contributed by atoms with Crippen LogP contribution in [0.25, 0.3) is 22.2 Å². The average Bonchev–Trinajstić information content (AvgIpc) is 2.83. The van der Waals surface area contributed by atoms with Crippen molar-refractivity contribution >= 4 is 10.9 Å². The van der Waals surface area contributed by atoms with Crippen molar-refractivity contribution in [3.8, 4) is 11.3 Å². The molecule has 1 N–H and O–H groups in total. The molecule has 3 aromatic rings. The Hall–Kier alpha value is -2.23. The van der Waals surface area contributed by atoms with Gasteiger partial charge in [-0.2, -0.15) is 0 Å². The molecule has 1 aromatic heterocycles. The van der Waals surface area contributed by atoms with E-state index in [9.17, 15) is 5.11 Å². The van der Waals surface area contributed by atoms with Gasteiger partial charge in [-0.15, -0.1) is 0 Å². The van der Waals surface area contributed by atoms with Crippen molar-refractivity contribution < 1.29 is 5.11 Å². The Morgan fingerprint density at radius 3 is 2.12 bits per heavy atom. The Balaban J connectivity index is 1.84. The number of hydrogen-bond acceptors (Lipinski definition) is 3. The fraction of sp³-hybridized carbons (Fsp3) is 0.500. The first-order valence-electron chi connectivity index (χ1n) is 13.0. The molecule has 0 spiro atoms. The molecule has 0 saturated heterocycles. The summed E-state index contributed by atoms with van der Waals surface area (Å²) in [5.74, 6) is 0. The van der Waals surface area contributed by atoms with Crippen molar-refractivity contribution in [1.82, 2.24) is 9.88 Å². The van der Waals surface area contributed by atoms with Gasteiger partial charge in [-0.05, 0) is 56.1 Å². The maximum atomic E-state index is 11.5. The molecule has 0 aliphatic carbocycles. The van der Waals surface area contributed by atoms with Gasteiger partial charge in [0, 0.05) is 17.5 Å². The van der Waals surface area contributed by atoms with Crippen LogP contribution in [0.15, 0.2) is 54.6 Å². The Bertz CT molecular complexity index is 958. The molecule has 1 atom stereocenters. The van der Waals surface area contributed by atoms with Crippen molar-refractivity contribution in [2.24, 2.45) is 0 Å². The molecular weight excluding hydrogens is 404 g/mol. The molecule has 3 heteroatoms. The van der Waals surface area contributed by atoms with E-state index in [1.807, 2.05) is 18.2 Å². The summed E-state index contributed by atoms with van der Waals surface area (Å²) in [7, 11) is 0. The lowest BCUT2D eigenvalue weighted by molar-refractivity contribution is 0.111. The van der Waals surface area contributed by atoms with Gasteiger partial charge in [-0.25, -0.2) is 4.98 Å². The summed E-state index contributed by atoms with van der Waals surface area (Å²) in [6.07, 6.45) is 9.52. The lowest BCUT2D eigenvalue weighted by Crippen LogP contribution is -2.31. The van der Waals surface area contributed by atoms with Gasteiger partial charge < -0.3 is 10.0 Å². The molecule has 0 saturated carbocycles. The van der Waals surface area contributed by atoms with Crippen LogP contribution in [0.1, 0.15) is 82.4 Å². The van der Waals surface area contributed by atoms with E-state index in [1.165, 1.54) is 56.9 Å². The fourth-order valence-corrected chi connectivity index (χ4v) is 4.56. The zero-order valence-corrected chi connectivity index (χ0v) is 20.9. The zero-order valence-electron chi connectivity index (χ0n) is 20.9. The lowest BCUT2D eigenvalue weighted by Gasteiger charge is -2.26. The highest BCUT2D eigenvalue weighted by atomic mass is 16.3. The second kappa shape index (κ2) is 13.5. The third kappa shape index (κ3) is 7.65. The van der Waals surface area contributed by atoms with E-state index in [4.69, 9.17) is 4.98 Å². The second-order valence-electron chi connectivity index (χ2n) is 9.42. The van der Waals surface area contributed by atoms with Crippen LogP contribution in [-0.2, 0) is 0 Å². The molecular formula is C30H42N2O. The molecule has 33 heavy (non-hydrogen) atoms. The van der Waals surface area contributed by atoms with Gasteiger partial charge in [0.2, 0.25) is 0 Å². The smallest absolute Gasteiger partial charge is 0.0924 e. The van der Waals surface area contributed by atoms with Crippen LogP contribution in [0.2, 0.25) is 0 Å². The van der Waals surface area contributed by atoms with Crippen LogP contribution < -0.4 is 0 Å². The average molecular weight is 447 g/mol. The third-order valence-corrected chi connectivity index (χ3v) is 6.51. The predicted molar refractivity (Wildman–Crippen MR) is 142 cm³/mol. The maximum Gasteiger partial charge on any atom is 0.0924 e. The van der Waals surface area contributed by atoms with E-state index in [0.29, 0.717) is 6.54 Å². The van der Waals surface area contributed by atoms with E-state index < -0.39 is 6.10 Å². The molecule has 0 radical (unpaired) electrons. The van der Waals surface area contributed by atoms with Crippen molar-refractivity contribution in [3.63, 3.8) is 0 Å². The van der Waals surface area contributed by atoms with Gasteiger partial charge in [0.15, 0.2) is 0 Å². The Morgan fingerprint density at radius 1 is 0.818 bits per heavy atom. The summed E-state index contributed by atoms with van der Waals surface area (Å²) >= 11 is 0. The molecule has 0 aliphatic heterocycles. The number of benzene rings is 2. The molecule has 178 valence electrons. The molecule has 0 amide bonds. The standard InChI is InChI=1S/C30H42N2O/c1-4-6-8-13-19-32(20-14-9-7-5-2)23-30(33)27-22-28(25-15-11-10-12-16-25)31-29-21-24(3)17-18-26(27)29/h10-12,15-18,21-22,30,33H,4-9,13-14,19-20,23H2,1-3H3. The molecule has 0 bridgehead atoms. The fourth-order valence-electron chi connectivity index (χ4n) is 4.56. The van der Waals surface area contributed by atoms with Crippen LogP contribution in [0.5, 0.6) is 0 Å². The maximum absolute atomic E-state index is 11.5. The predicted octanol–water partition coefficient (Wildman–Crippen LogP) is 7.71. The summed E-state index contributed by atoms with van der Waals surface area (Å²) in [5, 5.41) is 12.5. The first-order chi connectivity index (χ1) is 16.1. The van der Waals surface area contributed by atoms with Crippen molar-refractivity contribution in [2.75, 3.05) is 19.6 Å². The molecule has 1 unspecified atom stereocenters. The van der Waals surface area contributed by atoms with Gasteiger partial charge in [-0.1, -0.05) is 94.8 Å². The van der Waals surface area contributed by atoms with Crippen LogP contribution in [0, 0.1) is 6.92 Å². The van der Waals surface area contributed by atoms with Gasteiger partial charge in [0.05, 0.1) is 17.3 Å². The lowest BCUT2D eigenvalue weighted by atomic mass is 9.98. The topological polar surface area (TPSA) is 36.4 Å². The number of pyridine rings is 1. The highest BCUT2D eigenvalue weighted by Crippen LogP contribution is 2.30. The summed E-state index contributed by atoms with van der Waals surface area (Å²) in [5.41, 5.74) is 5.16. The quantitative estimate of drug-likeness (QED) is 0.258. The van der Waals surface area contributed by atoms with E-state index in [2.05, 4.69) is 62.1 Å². The van der Waals surface area contributed by atoms with Crippen LogP contribution in [0.4, 0.5) is 0 Å². The number of aryl methyl sites for hydroxylation is 1. The highest BCUT2D eigenvalue weighted by Gasteiger charge is 2.18. The Kier molecular flexibility index (Phi) is 10.4. The number of aromatic nitrogens is 1. The molecule has 0 fully saturated rings. The number of hydrogen-bond donors (Lipinski definition) is 1. The van der Waals surface area contributed by atoms with Gasteiger partial charge in [0.25, 0.3) is 0 Å². The van der Waals surface area contributed by atoms with E-state index in [-0.39, 0.29) is 0 Å². The molecule has 3 nitrogen and oxygen atoms in total. The number of aliphatic hydroxyl groups is 1. The van der Waals surface area contributed by atoms with E-state index in [1.54, 1.807) is 0 Å².